The summed E-state index contributed by atoms with van der Waals surface area (Å²) in [6, 6.07) is 14.5. The highest BCUT2D eigenvalue weighted by atomic mass is 32.1. The molecule has 198 valence electrons. The van der Waals surface area contributed by atoms with Crippen molar-refractivity contribution in [2.45, 2.75) is 19.1 Å². The number of amides is 1. The van der Waals surface area contributed by atoms with Gasteiger partial charge in [0.1, 0.15) is 5.75 Å². The van der Waals surface area contributed by atoms with E-state index in [1.807, 2.05) is 23.6 Å². The van der Waals surface area contributed by atoms with E-state index in [1.54, 1.807) is 19.2 Å². The Kier molecular flexibility index (Phi) is 8.70. The molecule has 0 bridgehead atoms. The summed E-state index contributed by atoms with van der Waals surface area (Å²) in [5, 5.41) is 7.81. The van der Waals surface area contributed by atoms with Crippen LogP contribution in [0.3, 0.4) is 0 Å². The second-order valence-electron chi connectivity index (χ2n) is 7.99. The number of alkyl halides is 2. The smallest absolute Gasteiger partial charge is 0.387 e. The van der Waals surface area contributed by atoms with E-state index in [-0.39, 0.29) is 5.75 Å². The molecule has 8 nitrogen and oxygen atoms in total. The minimum atomic E-state index is -2.92. The fourth-order valence-corrected chi connectivity index (χ4v) is 4.54. The topological polar surface area (TPSA) is 86.7 Å². The largest absolute Gasteiger partial charge is 0.493 e. The fraction of sp³-hybridized carbons (Fsp3) is 0.222. The number of carbonyl (C=O) groups excluding carboxylic acids is 2. The molecule has 0 radical (unpaired) electrons. The van der Waals surface area contributed by atoms with Gasteiger partial charge in [-0.1, -0.05) is 24.3 Å². The number of ether oxygens (including phenoxy) is 4. The monoisotopic (exact) mass is 542 g/mol. The molecule has 1 aliphatic rings. The molecule has 1 unspecified atom stereocenters. The lowest BCUT2D eigenvalue weighted by Gasteiger charge is -2.22. The predicted octanol–water partition coefficient (Wildman–Crippen LogP) is 5.30. The van der Waals surface area contributed by atoms with Crippen LogP contribution in [0, 0.1) is 0 Å². The Morgan fingerprint density at radius 1 is 1.11 bits per heavy atom. The average Bonchev–Trinajstić information content (AvgIpc) is 3.61. The van der Waals surface area contributed by atoms with Crippen LogP contribution in [-0.2, 0) is 14.3 Å². The van der Waals surface area contributed by atoms with E-state index in [0.717, 1.165) is 22.2 Å². The van der Waals surface area contributed by atoms with Gasteiger partial charge in [-0.3, -0.25) is 4.79 Å². The molecule has 1 aromatic heterocycles. The van der Waals surface area contributed by atoms with Crippen LogP contribution >= 0.6 is 11.3 Å². The Morgan fingerprint density at radius 2 is 1.87 bits per heavy atom. The lowest BCUT2D eigenvalue weighted by molar-refractivity contribution is -0.149. The van der Waals surface area contributed by atoms with E-state index < -0.39 is 31.1 Å². The molecule has 0 spiro atoms. The van der Waals surface area contributed by atoms with Gasteiger partial charge in [-0.05, 0) is 52.9 Å². The van der Waals surface area contributed by atoms with Crippen molar-refractivity contribution in [1.29, 1.82) is 0 Å². The molecule has 4 rings (SSSR count). The summed E-state index contributed by atoms with van der Waals surface area (Å²) in [6.45, 7) is -3.44. The van der Waals surface area contributed by atoms with Crippen LogP contribution in [0.15, 0.2) is 71.2 Å². The highest BCUT2D eigenvalue weighted by Gasteiger charge is 2.34. The molecule has 0 saturated heterocycles. The van der Waals surface area contributed by atoms with E-state index in [2.05, 4.69) is 9.84 Å². The molecule has 0 N–H and O–H groups in total. The van der Waals surface area contributed by atoms with Gasteiger partial charge in [-0.25, -0.2) is 9.80 Å². The van der Waals surface area contributed by atoms with Gasteiger partial charge < -0.3 is 18.9 Å². The van der Waals surface area contributed by atoms with Crippen molar-refractivity contribution in [2.75, 3.05) is 20.8 Å². The molecular formula is C27H24F2N2O6S. The van der Waals surface area contributed by atoms with E-state index in [0.29, 0.717) is 23.5 Å². The van der Waals surface area contributed by atoms with Gasteiger partial charge in [0.05, 0.1) is 30.9 Å². The number of hydrogen-bond donors (Lipinski definition) is 0. The zero-order valence-electron chi connectivity index (χ0n) is 20.5. The lowest BCUT2D eigenvalue weighted by atomic mass is 10.0. The minimum Gasteiger partial charge on any atom is -0.493 e. The highest BCUT2D eigenvalue weighted by molar-refractivity contribution is 7.12. The Morgan fingerprint density at radius 3 is 2.53 bits per heavy atom. The SMILES string of the molecule is COc1ccc(C2CC(c3cccs3)=NN2C(=O)COC(=O)/C=C/c2ccc(OC(F)F)cc2)cc1OC. The molecular weight excluding hydrogens is 518 g/mol. The van der Waals surface area contributed by atoms with Gasteiger partial charge >= 0.3 is 12.6 Å². The van der Waals surface area contributed by atoms with E-state index in [1.165, 1.54) is 53.8 Å². The maximum absolute atomic E-state index is 13.1. The standard InChI is InChI=1S/C27H24F2N2O6S/c1-34-22-11-8-18(14-23(22)35-2)21-15-20(24-4-3-13-38-24)30-31(21)25(32)16-36-26(33)12-7-17-5-9-19(10-6-17)37-27(28)29/h3-14,21,27H,15-16H2,1-2H3/b12-7+. The first-order valence-corrected chi connectivity index (χ1v) is 12.3. The van der Waals surface area contributed by atoms with Gasteiger partial charge in [0.25, 0.3) is 5.91 Å². The predicted molar refractivity (Wildman–Crippen MR) is 138 cm³/mol. The Labute approximate surface area is 221 Å². The first-order valence-electron chi connectivity index (χ1n) is 11.4. The number of carbonyl (C=O) groups is 2. The third-order valence-electron chi connectivity index (χ3n) is 5.62. The number of thiophene rings is 1. The van der Waals surface area contributed by atoms with Crippen LogP contribution in [0.25, 0.3) is 6.08 Å². The van der Waals surface area contributed by atoms with Crippen molar-refractivity contribution in [2.24, 2.45) is 5.10 Å². The second kappa shape index (κ2) is 12.3. The zero-order chi connectivity index (χ0) is 27.1. The quantitative estimate of drug-likeness (QED) is 0.255. The summed E-state index contributed by atoms with van der Waals surface area (Å²) in [4.78, 5) is 26.3. The number of halogens is 2. The van der Waals surface area contributed by atoms with Crippen molar-refractivity contribution < 1.29 is 37.3 Å². The first kappa shape index (κ1) is 26.8. The van der Waals surface area contributed by atoms with Crippen molar-refractivity contribution in [3.8, 4) is 17.2 Å². The molecule has 0 aliphatic carbocycles. The summed E-state index contributed by atoms with van der Waals surface area (Å²) < 4.78 is 44.7. The van der Waals surface area contributed by atoms with Crippen LogP contribution in [0.1, 0.15) is 28.5 Å². The molecule has 0 fully saturated rings. The number of hydrogen-bond acceptors (Lipinski definition) is 8. The van der Waals surface area contributed by atoms with Crippen molar-refractivity contribution in [1.82, 2.24) is 5.01 Å². The van der Waals surface area contributed by atoms with E-state index in [9.17, 15) is 18.4 Å². The number of esters is 1. The van der Waals surface area contributed by atoms with Gasteiger partial charge in [0.15, 0.2) is 18.1 Å². The maximum atomic E-state index is 13.1. The molecule has 1 atom stereocenters. The third-order valence-corrected chi connectivity index (χ3v) is 6.54. The number of methoxy groups -OCH3 is 2. The summed E-state index contributed by atoms with van der Waals surface area (Å²) in [5.74, 6) is -0.152. The van der Waals surface area contributed by atoms with Crippen LogP contribution in [0.5, 0.6) is 17.2 Å². The number of rotatable bonds is 10. The molecule has 2 heterocycles. The second-order valence-corrected chi connectivity index (χ2v) is 8.93. The zero-order valence-corrected chi connectivity index (χ0v) is 21.3. The maximum Gasteiger partial charge on any atom is 0.387 e. The molecule has 3 aromatic rings. The number of benzene rings is 2. The lowest BCUT2D eigenvalue weighted by Crippen LogP contribution is -2.31. The Hall–Kier alpha value is -4.25. The molecule has 1 amide bonds. The van der Waals surface area contributed by atoms with E-state index >= 15 is 0 Å². The van der Waals surface area contributed by atoms with Gasteiger partial charge in [-0.15, -0.1) is 11.3 Å². The molecule has 11 heteroatoms. The van der Waals surface area contributed by atoms with Crippen LogP contribution in [-0.4, -0.2) is 50.0 Å². The molecule has 1 aliphatic heterocycles. The van der Waals surface area contributed by atoms with Gasteiger partial charge in [0, 0.05) is 12.5 Å². The third kappa shape index (κ3) is 6.54. The first-order chi connectivity index (χ1) is 18.4. The fourth-order valence-electron chi connectivity index (χ4n) is 3.82. The minimum absolute atomic E-state index is 0.00226. The van der Waals surface area contributed by atoms with Crippen molar-refractivity contribution in [3.05, 3.63) is 82.1 Å². The summed E-state index contributed by atoms with van der Waals surface area (Å²) >= 11 is 1.52. The Balaban J connectivity index is 1.44. The average molecular weight is 543 g/mol. The van der Waals surface area contributed by atoms with Crippen molar-refractivity contribution >= 4 is 35.0 Å². The Bertz CT molecular complexity index is 1330. The van der Waals surface area contributed by atoms with Crippen LogP contribution in [0.2, 0.25) is 0 Å². The van der Waals surface area contributed by atoms with Crippen LogP contribution in [0.4, 0.5) is 8.78 Å². The van der Waals surface area contributed by atoms with E-state index in [4.69, 9.17) is 14.2 Å². The normalized spacial score (nSPS) is 15.0. The number of nitrogens with zero attached hydrogens (tertiary/aromatic N) is 2. The van der Waals surface area contributed by atoms with Gasteiger partial charge in [0.2, 0.25) is 0 Å². The molecule has 2 aromatic carbocycles. The van der Waals surface area contributed by atoms with Gasteiger partial charge in [-0.2, -0.15) is 13.9 Å². The summed E-state index contributed by atoms with van der Waals surface area (Å²) in [7, 11) is 3.08. The molecule has 38 heavy (non-hydrogen) atoms. The summed E-state index contributed by atoms with van der Waals surface area (Å²) in [6.07, 6.45) is 3.06. The molecule has 0 saturated carbocycles. The van der Waals surface area contributed by atoms with Crippen molar-refractivity contribution in [3.63, 3.8) is 0 Å². The summed E-state index contributed by atoms with van der Waals surface area (Å²) in [5.41, 5.74) is 2.10. The highest BCUT2D eigenvalue weighted by Crippen LogP contribution is 2.37. The van der Waals surface area contributed by atoms with Crippen LogP contribution < -0.4 is 14.2 Å². The number of hydrazone groups is 1.